The molecule has 0 aliphatic rings. The molecule has 0 aliphatic heterocycles. The van der Waals surface area contributed by atoms with Gasteiger partial charge in [0.05, 0.1) is 6.61 Å². The highest BCUT2D eigenvalue weighted by Crippen LogP contribution is 2.24. The number of fused-ring (bicyclic) bond motifs is 1. The molecule has 0 fully saturated rings. The van der Waals surface area contributed by atoms with Crippen LogP contribution in [0, 0.1) is 0 Å². The molecule has 3 heteroatoms. The highest BCUT2D eigenvalue weighted by atomic mass is 16.5. The summed E-state index contributed by atoms with van der Waals surface area (Å²) in [6.45, 7) is 4.16. The van der Waals surface area contributed by atoms with Gasteiger partial charge < -0.3 is 14.6 Å². The fourth-order valence-corrected chi connectivity index (χ4v) is 3.05. The molecule has 24 heavy (non-hydrogen) atoms. The minimum absolute atomic E-state index is 0.830. The van der Waals surface area contributed by atoms with Crippen LogP contribution in [0.15, 0.2) is 24.4 Å². The van der Waals surface area contributed by atoms with Crippen molar-refractivity contribution in [3.05, 3.63) is 30.0 Å². The molecule has 0 saturated carbocycles. The summed E-state index contributed by atoms with van der Waals surface area (Å²) >= 11 is 0. The van der Waals surface area contributed by atoms with E-state index in [2.05, 4.69) is 55.3 Å². The fourth-order valence-electron chi connectivity index (χ4n) is 3.05. The minimum Gasteiger partial charge on any atom is -0.494 e. The molecule has 0 spiro atoms. The SMILES string of the molecule is CCCCCCCCCOc1ccc2[nH]cc(CCN(C)C)c2c1. The Morgan fingerprint density at radius 3 is 2.50 bits per heavy atom. The van der Waals surface area contributed by atoms with Crippen LogP contribution >= 0.6 is 0 Å². The second-order valence-corrected chi connectivity index (χ2v) is 7.04. The molecule has 2 rings (SSSR count). The first-order valence-corrected chi connectivity index (χ1v) is 9.58. The van der Waals surface area contributed by atoms with Gasteiger partial charge in [0.1, 0.15) is 5.75 Å². The smallest absolute Gasteiger partial charge is 0.120 e. The number of benzene rings is 1. The van der Waals surface area contributed by atoms with Gasteiger partial charge in [-0.3, -0.25) is 0 Å². The molecular weight excluding hydrogens is 296 g/mol. The number of hydrogen-bond acceptors (Lipinski definition) is 2. The summed E-state index contributed by atoms with van der Waals surface area (Å²) in [4.78, 5) is 5.59. The molecule has 0 amide bonds. The van der Waals surface area contributed by atoms with Gasteiger partial charge in [-0.15, -0.1) is 0 Å². The standard InChI is InChI=1S/C21H34N2O/c1-4-5-6-7-8-9-10-15-24-19-11-12-21-20(16-19)18(17-22-21)13-14-23(2)3/h11-12,16-17,22H,4-10,13-15H2,1-3H3. The minimum atomic E-state index is 0.830. The number of H-pyrrole nitrogens is 1. The molecule has 0 bridgehead atoms. The molecule has 0 unspecified atom stereocenters. The normalized spacial score (nSPS) is 11.5. The zero-order valence-corrected chi connectivity index (χ0v) is 15.7. The maximum absolute atomic E-state index is 5.97. The molecule has 1 aromatic carbocycles. The molecule has 1 N–H and O–H groups in total. The van der Waals surface area contributed by atoms with Gasteiger partial charge in [0.2, 0.25) is 0 Å². The van der Waals surface area contributed by atoms with Gasteiger partial charge in [-0.25, -0.2) is 0 Å². The van der Waals surface area contributed by atoms with Crippen LogP contribution in [0.2, 0.25) is 0 Å². The number of likely N-dealkylation sites (N-methyl/N-ethyl adjacent to an activating group) is 1. The maximum atomic E-state index is 5.97. The average Bonchev–Trinajstić information content (AvgIpc) is 2.98. The number of unbranched alkanes of at least 4 members (excludes halogenated alkanes) is 6. The first-order valence-electron chi connectivity index (χ1n) is 9.58. The summed E-state index contributed by atoms with van der Waals surface area (Å²) in [5.41, 5.74) is 2.58. The van der Waals surface area contributed by atoms with Crippen LogP contribution in [0.4, 0.5) is 0 Å². The zero-order valence-electron chi connectivity index (χ0n) is 15.7. The Balaban J connectivity index is 1.77. The molecule has 3 nitrogen and oxygen atoms in total. The third-order valence-corrected chi connectivity index (χ3v) is 4.58. The van der Waals surface area contributed by atoms with Crippen LogP contribution in [-0.4, -0.2) is 37.1 Å². The Kier molecular flexibility index (Phi) is 8.17. The number of nitrogens with one attached hydrogen (secondary N) is 1. The van der Waals surface area contributed by atoms with Gasteiger partial charge in [0, 0.05) is 23.6 Å². The van der Waals surface area contributed by atoms with Crippen molar-refractivity contribution in [2.45, 2.75) is 58.3 Å². The number of aromatic nitrogens is 1. The Morgan fingerprint density at radius 2 is 1.75 bits per heavy atom. The second kappa shape index (κ2) is 10.4. The molecule has 0 radical (unpaired) electrons. The Morgan fingerprint density at radius 1 is 1.00 bits per heavy atom. The predicted octanol–water partition coefficient (Wildman–Crippen LogP) is 5.40. The van der Waals surface area contributed by atoms with Crippen molar-refractivity contribution < 1.29 is 4.74 Å². The Labute approximate surface area is 147 Å². The molecular formula is C21H34N2O. The zero-order chi connectivity index (χ0) is 17.2. The first kappa shape index (κ1) is 18.9. The summed E-state index contributed by atoms with van der Waals surface area (Å²) in [6.07, 6.45) is 12.4. The van der Waals surface area contributed by atoms with E-state index in [0.29, 0.717) is 0 Å². The number of aromatic amines is 1. The van der Waals surface area contributed by atoms with Gasteiger partial charge in [-0.05, 0) is 50.7 Å². The molecule has 2 aromatic rings. The second-order valence-electron chi connectivity index (χ2n) is 7.04. The average molecular weight is 331 g/mol. The van der Waals surface area contributed by atoms with Crippen LogP contribution in [0.1, 0.15) is 57.4 Å². The monoisotopic (exact) mass is 330 g/mol. The van der Waals surface area contributed by atoms with Crippen LogP contribution in [0.3, 0.4) is 0 Å². The van der Waals surface area contributed by atoms with Crippen LogP contribution in [-0.2, 0) is 6.42 Å². The lowest BCUT2D eigenvalue weighted by Gasteiger charge is -2.09. The molecule has 0 aliphatic carbocycles. The molecule has 0 atom stereocenters. The molecule has 0 saturated heterocycles. The number of hydrogen-bond donors (Lipinski definition) is 1. The van der Waals surface area contributed by atoms with E-state index in [1.165, 1.54) is 55.0 Å². The Hall–Kier alpha value is -1.48. The molecule has 1 heterocycles. The lowest BCUT2D eigenvalue weighted by molar-refractivity contribution is 0.304. The van der Waals surface area contributed by atoms with E-state index >= 15 is 0 Å². The highest BCUT2D eigenvalue weighted by Gasteiger charge is 2.06. The van der Waals surface area contributed by atoms with Crippen molar-refractivity contribution >= 4 is 10.9 Å². The van der Waals surface area contributed by atoms with Gasteiger partial charge in [0.15, 0.2) is 0 Å². The molecule has 1 aromatic heterocycles. The number of nitrogens with zero attached hydrogens (tertiary/aromatic N) is 1. The van der Waals surface area contributed by atoms with E-state index in [4.69, 9.17) is 4.74 Å². The van der Waals surface area contributed by atoms with Crippen molar-refractivity contribution in [3.63, 3.8) is 0 Å². The van der Waals surface area contributed by atoms with Gasteiger partial charge in [-0.2, -0.15) is 0 Å². The van der Waals surface area contributed by atoms with Crippen LogP contribution in [0.25, 0.3) is 10.9 Å². The quantitative estimate of drug-likeness (QED) is 0.528. The van der Waals surface area contributed by atoms with E-state index < -0.39 is 0 Å². The predicted molar refractivity (Wildman–Crippen MR) is 104 cm³/mol. The largest absolute Gasteiger partial charge is 0.494 e. The summed E-state index contributed by atoms with van der Waals surface area (Å²) in [5.74, 6) is 0.999. The first-order chi connectivity index (χ1) is 11.7. The summed E-state index contributed by atoms with van der Waals surface area (Å²) in [5, 5.41) is 1.30. The van der Waals surface area contributed by atoms with Crippen LogP contribution in [0.5, 0.6) is 5.75 Å². The van der Waals surface area contributed by atoms with Crippen molar-refractivity contribution in [1.82, 2.24) is 9.88 Å². The van der Waals surface area contributed by atoms with Crippen molar-refractivity contribution in [1.29, 1.82) is 0 Å². The van der Waals surface area contributed by atoms with Gasteiger partial charge in [-0.1, -0.05) is 45.4 Å². The third kappa shape index (κ3) is 6.20. The third-order valence-electron chi connectivity index (χ3n) is 4.58. The number of ether oxygens (including phenoxy) is 1. The lowest BCUT2D eigenvalue weighted by Crippen LogP contribution is -2.14. The van der Waals surface area contributed by atoms with E-state index in [1.807, 2.05) is 0 Å². The number of rotatable bonds is 12. The van der Waals surface area contributed by atoms with E-state index in [1.54, 1.807) is 0 Å². The Bertz CT molecular complexity index is 589. The molecule has 134 valence electrons. The fraction of sp³-hybridized carbons (Fsp3) is 0.619. The van der Waals surface area contributed by atoms with Crippen LogP contribution < -0.4 is 4.74 Å². The van der Waals surface area contributed by atoms with Crippen molar-refractivity contribution in [3.8, 4) is 5.75 Å². The maximum Gasteiger partial charge on any atom is 0.120 e. The van der Waals surface area contributed by atoms with Gasteiger partial charge in [0.25, 0.3) is 0 Å². The summed E-state index contributed by atoms with van der Waals surface area (Å²) in [7, 11) is 4.23. The lowest BCUT2D eigenvalue weighted by atomic mass is 10.1. The van der Waals surface area contributed by atoms with Crippen molar-refractivity contribution in [2.75, 3.05) is 27.2 Å². The highest BCUT2D eigenvalue weighted by molar-refractivity contribution is 5.84. The van der Waals surface area contributed by atoms with Crippen molar-refractivity contribution in [2.24, 2.45) is 0 Å². The summed E-state index contributed by atoms with van der Waals surface area (Å²) < 4.78 is 5.97. The summed E-state index contributed by atoms with van der Waals surface area (Å²) in [6, 6.07) is 6.41. The van der Waals surface area contributed by atoms with E-state index in [0.717, 1.165) is 31.7 Å². The van der Waals surface area contributed by atoms with E-state index in [-0.39, 0.29) is 0 Å². The van der Waals surface area contributed by atoms with Gasteiger partial charge >= 0.3 is 0 Å². The topological polar surface area (TPSA) is 28.3 Å². The van der Waals surface area contributed by atoms with E-state index in [9.17, 15) is 0 Å².